The van der Waals surface area contributed by atoms with Crippen LogP contribution < -0.4 is 9.47 Å². The number of thiazole rings is 1. The molecule has 1 saturated heterocycles. The van der Waals surface area contributed by atoms with E-state index in [-0.39, 0.29) is 34.8 Å². The van der Waals surface area contributed by atoms with Gasteiger partial charge in [0.05, 0.1) is 16.7 Å². The number of hydrogen-bond acceptors (Lipinski definition) is 6. The Bertz CT molecular complexity index is 1140. The molecule has 0 atom stereocenters. The summed E-state index contributed by atoms with van der Waals surface area (Å²) in [5.41, 5.74) is 0.0736. The highest BCUT2D eigenvalue weighted by atomic mass is 32.2. The zero-order chi connectivity index (χ0) is 20.6. The van der Waals surface area contributed by atoms with Crippen molar-refractivity contribution < 1.29 is 26.7 Å². The fourth-order valence-corrected chi connectivity index (χ4v) is 5.66. The molecule has 0 N–H and O–H groups in total. The van der Waals surface area contributed by atoms with Crippen LogP contribution >= 0.6 is 11.3 Å². The van der Waals surface area contributed by atoms with E-state index in [1.807, 2.05) is 0 Å². The second-order valence-corrected chi connectivity index (χ2v) is 9.55. The average Bonchev–Trinajstić information content (AvgIpc) is 3.11. The minimum absolute atomic E-state index is 0.0736. The highest BCUT2D eigenvalue weighted by Gasteiger charge is 2.31. The molecule has 1 aliphatic heterocycles. The van der Waals surface area contributed by atoms with Crippen molar-refractivity contribution >= 4 is 31.6 Å². The molecule has 10 heteroatoms. The number of aromatic nitrogens is 1. The maximum atomic E-state index is 13.8. The van der Waals surface area contributed by atoms with Crippen LogP contribution in [-0.2, 0) is 10.0 Å². The van der Waals surface area contributed by atoms with Gasteiger partial charge in [-0.05, 0) is 31.0 Å². The predicted octanol–water partition coefficient (Wildman–Crippen LogP) is 3.82. The van der Waals surface area contributed by atoms with Gasteiger partial charge in [0.15, 0.2) is 5.82 Å². The number of nitrogens with zero attached hydrogens (tertiary/aromatic N) is 2. The molecule has 0 spiro atoms. The molecule has 2 aromatic carbocycles. The summed E-state index contributed by atoms with van der Waals surface area (Å²) in [4.78, 5) is 4.27. The van der Waals surface area contributed by atoms with Crippen molar-refractivity contribution in [1.29, 1.82) is 0 Å². The van der Waals surface area contributed by atoms with E-state index in [0.29, 0.717) is 23.3 Å². The van der Waals surface area contributed by atoms with Crippen LogP contribution in [0.2, 0.25) is 0 Å². The third-order valence-electron chi connectivity index (χ3n) is 4.74. The lowest BCUT2D eigenvalue weighted by Crippen LogP contribution is -2.41. The topological polar surface area (TPSA) is 68.7 Å². The molecule has 154 valence electrons. The molecule has 0 saturated carbocycles. The Morgan fingerprint density at radius 1 is 1.17 bits per heavy atom. The fourth-order valence-electron chi connectivity index (χ4n) is 3.23. The maximum absolute atomic E-state index is 13.8. The van der Waals surface area contributed by atoms with E-state index in [0.717, 1.165) is 17.4 Å². The molecule has 1 fully saturated rings. The van der Waals surface area contributed by atoms with Crippen molar-refractivity contribution in [3.8, 4) is 10.9 Å². The van der Waals surface area contributed by atoms with Crippen molar-refractivity contribution in [3.05, 3.63) is 48.0 Å². The normalized spacial score (nSPS) is 16.2. The summed E-state index contributed by atoms with van der Waals surface area (Å²) in [6.45, 7) is 0.580. The van der Waals surface area contributed by atoms with Gasteiger partial charge in [-0.25, -0.2) is 17.2 Å². The SMILES string of the molecule is COc1cccc(S(=O)(=O)N2CCC(Oc3nc4c(F)cc(F)cc4s3)CC2)c1. The van der Waals surface area contributed by atoms with E-state index in [1.165, 1.54) is 29.6 Å². The Hall–Kier alpha value is -2.30. The van der Waals surface area contributed by atoms with Gasteiger partial charge < -0.3 is 9.47 Å². The third-order valence-corrected chi connectivity index (χ3v) is 7.53. The highest BCUT2D eigenvalue weighted by molar-refractivity contribution is 7.89. The van der Waals surface area contributed by atoms with Gasteiger partial charge in [0.25, 0.3) is 5.19 Å². The lowest BCUT2D eigenvalue weighted by molar-refractivity contribution is 0.135. The molecular weight excluding hydrogens is 422 g/mol. The van der Waals surface area contributed by atoms with Gasteiger partial charge >= 0.3 is 0 Å². The summed E-state index contributed by atoms with van der Waals surface area (Å²) < 4.78 is 65.5. The number of piperidine rings is 1. The van der Waals surface area contributed by atoms with Gasteiger partial charge in [-0.3, -0.25) is 0 Å². The molecule has 29 heavy (non-hydrogen) atoms. The van der Waals surface area contributed by atoms with Crippen LogP contribution in [-0.4, -0.2) is 44.0 Å². The molecule has 0 aliphatic carbocycles. The smallest absolute Gasteiger partial charge is 0.274 e. The van der Waals surface area contributed by atoms with Gasteiger partial charge in [-0.15, -0.1) is 0 Å². The molecular formula is C19H18F2N2O4S2. The summed E-state index contributed by atoms with van der Waals surface area (Å²) in [6, 6.07) is 8.35. The number of benzene rings is 2. The quantitative estimate of drug-likeness (QED) is 0.604. The van der Waals surface area contributed by atoms with Crippen molar-refractivity contribution in [3.63, 3.8) is 0 Å². The number of sulfonamides is 1. The standard InChI is InChI=1S/C19H18F2N2O4S2/c1-26-14-3-2-4-15(11-14)29(24,25)23-7-5-13(6-8-23)27-19-22-18-16(21)9-12(20)10-17(18)28-19/h2-4,9-11,13H,5-8H2,1H3. The number of hydrogen-bond donors (Lipinski definition) is 0. The number of fused-ring (bicyclic) bond motifs is 1. The number of rotatable bonds is 5. The lowest BCUT2D eigenvalue weighted by atomic mass is 10.1. The van der Waals surface area contributed by atoms with Gasteiger partial charge in [0.1, 0.15) is 23.2 Å². The van der Waals surface area contributed by atoms with Gasteiger partial charge in [-0.1, -0.05) is 17.4 Å². The Balaban J connectivity index is 1.43. The van der Waals surface area contributed by atoms with Crippen molar-refractivity contribution in [1.82, 2.24) is 9.29 Å². The highest BCUT2D eigenvalue weighted by Crippen LogP contribution is 2.32. The number of methoxy groups -OCH3 is 1. The molecule has 6 nitrogen and oxygen atoms in total. The third kappa shape index (κ3) is 4.05. The van der Waals surface area contributed by atoms with Crippen molar-refractivity contribution in [2.24, 2.45) is 0 Å². The molecule has 4 rings (SSSR count). The Kier molecular flexibility index (Phi) is 5.41. The largest absolute Gasteiger partial charge is 0.497 e. The van der Waals surface area contributed by atoms with E-state index in [4.69, 9.17) is 9.47 Å². The van der Waals surface area contributed by atoms with E-state index >= 15 is 0 Å². The molecule has 0 amide bonds. The molecule has 0 radical (unpaired) electrons. The first-order valence-corrected chi connectivity index (χ1v) is 11.2. The van der Waals surface area contributed by atoms with E-state index in [2.05, 4.69) is 4.98 Å². The minimum atomic E-state index is -3.63. The van der Waals surface area contributed by atoms with E-state index in [9.17, 15) is 17.2 Å². The second kappa shape index (κ2) is 7.85. The van der Waals surface area contributed by atoms with Crippen LogP contribution in [0.15, 0.2) is 41.3 Å². The monoisotopic (exact) mass is 440 g/mol. The first-order valence-electron chi connectivity index (χ1n) is 8.93. The summed E-state index contributed by atoms with van der Waals surface area (Å²) in [5, 5.41) is 0.249. The summed E-state index contributed by atoms with van der Waals surface area (Å²) in [7, 11) is -2.15. The molecule has 1 aliphatic rings. The zero-order valence-corrected chi connectivity index (χ0v) is 17.1. The molecule has 0 unspecified atom stereocenters. The van der Waals surface area contributed by atoms with Crippen LogP contribution in [0.3, 0.4) is 0 Å². The predicted molar refractivity (Wildman–Crippen MR) is 105 cm³/mol. The van der Waals surface area contributed by atoms with Crippen molar-refractivity contribution in [2.75, 3.05) is 20.2 Å². The summed E-state index contributed by atoms with van der Waals surface area (Å²) >= 11 is 1.07. The minimum Gasteiger partial charge on any atom is -0.497 e. The lowest BCUT2D eigenvalue weighted by Gasteiger charge is -2.30. The van der Waals surface area contributed by atoms with Gasteiger partial charge in [-0.2, -0.15) is 9.29 Å². The van der Waals surface area contributed by atoms with Crippen LogP contribution in [0.4, 0.5) is 8.78 Å². The Labute approximate surface area is 170 Å². The second-order valence-electron chi connectivity index (χ2n) is 6.61. The number of ether oxygens (including phenoxy) is 2. The van der Waals surface area contributed by atoms with E-state index < -0.39 is 21.7 Å². The molecule has 0 bridgehead atoms. The molecule has 3 aromatic rings. The van der Waals surface area contributed by atoms with Crippen molar-refractivity contribution in [2.45, 2.75) is 23.8 Å². The Morgan fingerprint density at radius 2 is 1.93 bits per heavy atom. The molecule has 2 heterocycles. The van der Waals surface area contributed by atoms with Crippen LogP contribution in [0, 0.1) is 11.6 Å². The Morgan fingerprint density at radius 3 is 2.66 bits per heavy atom. The zero-order valence-electron chi connectivity index (χ0n) is 15.5. The van der Waals surface area contributed by atoms with Gasteiger partial charge in [0.2, 0.25) is 10.0 Å². The maximum Gasteiger partial charge on any atom is 0.274 e. The first-order chi connectivity index (χ1) is 13.9. The summed E-state index contributed by atoms with van der Waals surface area (Å²) in [6.07, 6.45) is 0.687. The average molecular weight is 440 g/mol. The van der Waals surface area contributed by atoms with Crippen LogP contribution in [0.1, 0.15) is 12.8 Å². The fraction of sp³-hybridized carbons (Fsp3) is 0.316. The summed E-state index contributed by atoms with van der Waals surface area (Å²) in [5.74, 6) is -0.921. The van der Waals surface area contributed by atoms with E-state index in [1.54, 1.807) is 12.1 Å². The molecule has 1 aromatic heterocycles. The van der Waals surface area contributed by atoms with Crippen LogP contribution in [0.5, 0.6) is 10.9 Å². The first kappa shape index (κ1) is 20.0. The van der Waals surface area contributed by atoms with Gasteiger partial charge in [0, 0.05) is 25.2 Å². The van der Waals surface area contributed by atoms with Crippen LogP contribution in [0.25, 0.3) is 10.2 Å². The number of halogens is 2.